The monoisotopic (exact) mass is 400 g/mol. The number of nitrogens with zero attached hydrogens (tertiary/aromatic N) is 2. The fourth-order valence-electron chi connectivity index (χ4n) is 3.26. The number of thioether (sulfide) groups is 1. The summed E-state index contributed by atoms with van der Waals surface area (Å²) in [6, 6.07) is 11.7. The summed E-state index contributed by atoms with van der Waals surface area (Å²) in [7, 11) is 0. The highest BCUT2D eigenvalue weighted by Gasteiger charge is 2.16. The molecule has 2 heterocycles. The molecule has 1 aliphatic rings. The van der Waals surface area contributed by atoms with E-state index in [1.165, 1.54) is 0 Å². The van der Waals surface area contributed by atoms with Gasteiger partial charge in [-0.2, -0.15) is 11.8 Å². The van der Waals surface area contributed by atoms with Gasteiger partial charge in [-0.1, -0.05) is 24.1 Å². The van der Waals surface area contributed by atoms with E-state index < -0.39 is 6.10 Å². The predicted octanol–water partition coefficient (Wildman–Crippen LogP) is 2.70. The summed E-state index contributed by atoms with van der Waals surface area (Å²) in [5.74, 6) is 6.65. The molecule has 0 aliphatic carbocycles. The molecule has 1 N–H and O–H groups in total. The molecular weight excluding hydrogens is 372 g/mol. The summed E-state index contributed by atoms with van der Waals surface area (Å²) in [6.45, 7) is 4.82. The average Bonchev–Trinajstić information content (AvgIpc) is 3.21. The molecule has 0 saturated carbocycles. The molecule has 1 aromatic carbocycles. The minimum absolute atomic E-state index is 0.286. The molecule has 2 aromatic rings. The number of aliphatic hydroxyl groups is 1. The molecule has 6 heteroatoms. The van der Waals surface area contributed by atoms with Gasteiger partial charge >= 0.3 is 0 Å². The SMILES string of the molecule is C#CCN(Cc1ccco1)Cc1ccccc1OC[C@@H](O)CN1CCSCC1. The van der Waals surface area contributed by atoms with E-state index in [2.05, 4.69) is 15.7 Å². The number of aliphatic hydroxyl groups excluding tert-OH is 1. The molecule has 1 fully saturated rings. The first-order valence-electron chi connectivity index (χ1n) is 9.61. The second-order valence-corrected chi connectivity index (χ2v) is 8.14. The Morgan fingerprint density at radius 2 is 2.04 bits per heavy atom. The number of rotatable bonds is 10. The van der Waals surface area contributed by atoms with Gasteiger partial charge in [-0.15, -0.1) is 6.42 Å². The van der Waals surface area contributed by atoms with E-state index >= 15 is 0 Å². The van der Waals surface area contributed by atoms with E-state index in [-0.39, 0.29) is 6.61 Å². The summed E-state index contributed by atoms with van der Waals surface area (Å²) >= 11 is 1.97. The van der Waals surface area contributed by atoms with Gasteiger partial charge in [0.2, 0.25) is 0 Å². The summed E-state index contributed by atoms with van der Waals surface area (Å²) in [6.07, 6.45) is 6.72. The number of hydrogen-bond acceptors (Lipinski definition) is 6. The lowest BCUT2D eigenvalue weighted by Crippen LogP contribution is -2.40. The number of para-hydroxylation sites is 1. The van der Waals surface area contributed by atoms with Gasteiger partial charge < -0.3 is 14.3 Å². The third-order valence-corrected chi connectivity index (χ3v) is 5.59. The van der Waals surface area contributed by atoms with E-state index in [1.54, 1.807) is 6.26 Å². The molecule has 28 heavy (non-hydrogen) atoms. The first-order valence-corrected chi connectivity index (χ1v) is 10.8. The topological polar surface area (TPSA) is 49.1 Å². The van der Waals surface area contributed by atoms with Gasteiger partial charge in [0.05, 0.1) is 19.4 Å². The maximum Gasteiger partial charge on any atom is 0.123 e. The van der Waals surface area contributed by atoms with Crippen molar-refractivity contribution < 1.29 is 14.3 Å². The second kappa shape index (κ2) is 11.2. The number of hydrogen-bond donors (Lipinski definition) is 1. The van der Waals surface area contributed by atoms with E-state index in [1.807, 2.05) is 48.2 Å². The standard InChI is InChI=1S/C22H28N2O3S/c1-2-9-24(17-21-7-5-12-26-21)15-19-6-3-4-8-22(19)27-18-20(25)16-23-10-13-28-14-11-23/h1,3-8,12,20,25H,9-11,13-18H2/t20-/m0/s1. The van der Waals surface area contributed by atoms with E-state index in [4.69, 9.17) is 15.6 Å². The highest BCUT2D eigenvalue weighted by Crippen LogP contribution is 2.21. The van der Waals surface area contributed by atoms with Crippen LogP contribution in [0.4, 0.5) is 0 Å². The van der Waals surface area contributed by atoms with Crippen LogP contribution in [0.3, 0.4) is 0 Å². The zero-order valence-electron chi connectivity index (χ0n) is 16.1. The van der Waals surface area contributed by atoms with Gasteiger partial charge in [-0.3, -0.25) is 9.80 Å². The lowest BCUT2D eigenvalue weighted by Gasteiger charge is -2.28. The number of terminal acetylenes is 1. The Kier molecular flexibility index (Phi) is 8.31. The van der Waals surface area contributed by atoms with Crippen LogP contribution in [-0.2, 0) is 13.1 Å². The van der Waals surface area contributed by atoms with Gasteiger partial charge in [-0.25, -0.2) is 0 Å². The van der Waals surface area contributed by atoms with Crippen molar-refractivity contribution in [3.05, 3.63) is 54.0 Å². The Labute approximate surface area is 171 Å². The van der Waals surface area contributed by atoms with E-state index in [0.29, 0.717) is 26.2 Å². The Morgan fingerprint density at radius 1 is 1.21 bits per heavy atom. The summed E-state index contributed by atoms with van der Waals surface area (Å²) in [5.41, 5.74) is 1.05. The molecule has 1 atom stereocenters. The third-order valence-electron chi connectivity index (χ3n) is 4.64. The Hall–Kier alpha value is -1.91. The first-order chi connectivity index (χ1) is 13.7. The highest BCUT2D eigenvalue weighted by molar-refractivity contribution is 7.99. The molecule has 0 amide bonds. The summed E-state index contributed by atoms with van der Waals surface area (Å²) in [4.78, 5) is 4.43. The van der Waals surface area contributed by atoms with Gasteiger partial charge in [0.15, 0.2) is 0 Å². The van der Waals surface area contributed by atoms with Crippen molar-refractivity contribution in [2.24, 2.45) is 0 Å². The van der Waals surface area contributed by atoms with Crippen molar-refractivity contribution in [3.63, 3.8) is 0 Å². The lowest BCUT2D eigenvalue weighted by molar-refractivity contribution is 0.0708. The number of β-amino-alcohol motifs (C(OH)–C–C–N with tert-alkyl or cyclic N) is 1. The normalized spacial score (nSPS) is 16.0. The largest absolute Gasteiger partial charge is 0.491 e. The molecule has 0 unspecified atom stereocenters. The molecule has 1 aromatic heterocycles. The van der Waals surface area contributed by atoms with Crippen molar-refractivity contribution >= 4 is 11.8 Å². The van der Waals surface area contributed by atoms with Crippen molar-refractivity contribution in [3.8, 4) is 18.1 Å². The zero-order chi connectivity index (χ0) is 19.6. The average molecular weight is 401 g/mol. The molecule has 150 valence electrons. The molecular formula is C22H28N2O3S. The number of benzene rings is 1. The van der Waals surface area contributed by atoms with Crippen LogP contribution in [0.5, 0.6) is 5.75 Å². The molecule has 0 bridgehead atoms. The molecule has 5 nitrogen and oxygen atoms in total. The van der Waals surface area contributed by atoms with E-state index in [9.17, 15) is 5.11 Å². The van der Waals surface area contributed by atoms with Crippen molar-refractivity contribution in [2.45, 2.75) is 19.2 Å². The molecule has 0 radical (unpaired) electrons. The Bertz CT molecular complexity index is 738. The predicted molar refractivity (Wildman–Crippen MR) is 113 cm³/mol. The van der Waals surface area contributed by atoms with Gasteiger partial charge in [0.1, 0.15) is 24.2 Å². The lowest BCUT2D eigenvalue weighted by atomic mass is 10.2. The van der Waals surface area contributed by atoms with E-state index in [0.717, 1.165) is 41.7 Å². The minimum atomic E-state index is -0.499. The number of ether oxygens (including phenoxy) is 1. The molecule has 1 saturated heterocycles. The first kappa shape index (κ1) is 20.8. The van der Waals surface area contributed by atoms with Gasteiger partial charge in [0, 0.05) is 43.2 Å². The third kappa shape index (κ3) is 6.61. The molecule has 0 spiro atoms. The quantitative estimate of drug-likeness (QED) is 0.619. The van der Waals surface area contributed by atoms with Crippen LogP contribution in [0.15, 0.2) is 47.1 Å². The smallest absolute Gasteiger partial charge is 0.123 e. The zero-order valence-corrected chi connectivity index (χ0v) is 16.9. The number of furan rings is 1. The Morgan fingerprint density at radius 3 is 2.79 bits per heavy atom. The van der Waals surface area contributed by atoms with Crippen LogP contribution in [-0.4, -0.2) is 65.3 Å². The highest BCUT2D eigenvalue weighted by atomic mass is 32.2. The van der Waals surface area contributed by atoms with Crippen LogP contribution in [0.1, 0.15) is 11.3 Å². The van der Waals surface area contributed by atoms with Crippen molar-refractivity contribution in [1.82, 2.24) is 9.80 Å². The summed E-state index contributed by atoms with van der Waals surface area (Å²) < 4.78 is 11.4. The minimum Gasteiger partial charge on any atom is -0.491 e. The van der Waals surface area contributed by atoms with Crippen molar-refractivity contribution in [1.29, 1.82) is 0 Å². The van der Waals surface area contributed by atoms with Crippen LogP contribution in [0, 0.1) is 12.3 Å². The fourth-order valence-corrected chi connectivity index (χ4v) is 4.24. The second-order valence-electron chi connectivity index (χ2n) is 6.91. The van der Waals surface area contributed by atoms with Crippen LogP contribution >= 0.6 is 11.8 Å². The molecule has 1 aliphatic heterocycles. The maximum atomic E-state index is 10.4. The van der Waals surface area contributed by atoms with Crippen molar-refractivity contribution in [2.75, 3.05) is 44.3 Å². The van der Waals surface area contributed by atoms with Gasteiger partial charge in [-0.05, 0) is 18.2 Å². The summed E-state index contributed by atoms with van der Waals surface area (Å²) in [5, 5.41) is 10.4. The fraction of sp³-hybridized carbons (Fsp3) is 0.455. The van der Waals surface area contributed by atoms with Crippen LogP contribution < -0.4 is 4.74 Å². The Balaban J connectivity index is 1.56. The van der Waals surface area contributed by atoms with Crippen LogP contribution in [0.2, 0.25) is 0 Å². The van der Waals surface area contributed by atoms with Gasteiger partial charge in [0.25, 0.3) is 0 Å². The maximum absolute atomic E-state index is 10.4. The van der Waals surface area contributed by atoms with Crippen LogP contribution in [0.25, 0.3) is 0 Å². The molecule has 3 rings (SSSR count).